The number of rotatable bonds is 2. The van der Waals surface area contributed by atoms with Gasteiger partial charge in [0.15, 0.2) is 0 Å². The Morgan fingerprint density at radius 1 is 1.29 bits per heavy atom. The van der Waals surface area contributed by atoms with Crippen molar-refractivity contribution in [3.05, 3.63) is 47.4 Å². The molecule has 2 N–H and O–H groups in total. The number of thiocarbonyl (C=S) groups is 1. The largest absolute Gasteiger partial charge is 0.388 e. The fourth-order valence-electron chi connectivity index (χ4n) is 2.32. The van der Waals surface area contributed by atoms with E-state index in [1.54, 1.807) is 0 Å². The molecule has 0 aromatic carbocycles. The van der Waals surface area contributed by atoms with Gasteiger partial charge in [0.1, 0.15) is 10.8 Å². The second kappa shape index (κ2) is 3.96. The number of pyridine rings is 1. The van der Waals surface area contributed by atoms with Crippen LogP contribution in [0.25, 0.3) is 5.82 Å². The topological polar surface area (TPSA) is 43.8 Å². The maximum atomic E-state index is 5.69. The first-order chi connectivity index (χ1) is 8.25. The molecule has 1 aliphatic rings. The molecule has 0 saturated heterocycles. The summed E-state index contributed by atoms with van der Waals surface area (Å²) in [5.41, 5.74) is 9.12. The lowest BCUT2D eigenvalue weighted by Crippen LogP contribution is -2.15. The number of fused-ring (bicyclic) bond motifs is 1. The summed E-state index contributed by atoms with van der Waals surface area (Å²) in [6.07, 6.45) is 5.38. The minimum absolute atomic E-state index is 0.400. The Morgan fingerprint density at radius 2 is 2.18 bits per heavy atom. The number of aromatic nitrogens is 2. The first-order valence-electron chi connectivity index (χ1n) is 5.72. The molecule has 17 heavy (non-hydrogen) atoms. The zero-order valence-corrected chi connectivity index (χ0v) is 10.2. The van der Waals surface area contributed by atoms with Crippen molar-refractivity contribution in [1.82, 2.24) is 9.55 Å². The highest BCUT2D eigenvalue weighted by atomic mass is 32.1. The van der Waals surface area contributed by atoms with E-state index in [1.807, 2.05) is 29.0 Å². The average molecular weight is 243 g/mol. The predicted octanol–water partition coefficient (Wildman–Crippen LogP) is 2.00. The molecule has 0 radical (unpaired) electrons. The predicted molar refractivity (Wildman–Crippen MR) is 71.5 cm³/mol. The second-order valence-corrected chi connectivity index (χ2v) is 4.70. The number of hydrogen-bond acceptors (Lipinski definition) is 2. The van der Waals surface area contributed by atoms with Gasteiger partial charge in [-0.15, -0.1) is 0 Å². The van der Waals surface area contributed by atoms with Crippen LogP contribution in [0.1, 0.15) is 23.4 Å². The minimum atomic E-state index is 0.400. The second-order valence-electron chi connectivity index (χ2n) is 4.26. The van der Waals surface area contributed by atoms with Crippen molar-refractivity contribution in [2.45, 2.75) is 19.3 Å². The summed E-state index contributed by atoms with van der Waals surface area (Å²) in [4.78, 5) is 5.09. The zero-order valence-electron chi connectivity index (χ0n) is 9.39. The lowest BCUT2D eigenvalue weighted by atomic mass is 10.2. The molecule has 0 aliphatic heterocycles. The molecule has 2 aromatic heterocycles. The molecule has 0 spiro atoms. The first kappa shape index (κ1) is 10.5. The van der Waals surface area contributed by atoms with Crippen molar-refractivity contribution in [1.29, 1.82) is 0 Å². The summed E-state index contributed by atoms with van der Waals surface area (Å²) in [7, 11) is 0. The third-order valence-corrected chi connectivity index (χ3v) is 3.37. The molecule has 2 aromatic rings. The third-order valence-electron chi connectivity index (χ3n) is 3.16. The molecule has 3 rings (SSSR count). The van der Waals surface area contributed by atoms with Gasteiger partial charge in [-0.3, -0.25) is 4.57 Å². The van der Waals surface area contributed by atoms with Crippen molar-refractivity contribution in [3.8, 4) is 5.82 Å². The van der Waals surface area contributed by atoms with E-state index >= 15 is 0 Å². The van der Waals surface area contributed by atoms with Gasteiger partial charge in [-0.25, -0.2) is 4.98 Å². The highest BCUT2D eigenvalue weighted by molar-refractivity contribution is 7.80. The molecule has 0 saturated carbocycles. The maximum absolute atomic E-state index is 5.69. The molecular formula is C13H13N3S. The summed E-state index contributed by atoms with van der Waals surface area (Å²) >= 11 is 5.03. The van der Waals surface area contributed by atoms with Crippen LogP contribution in [0.5, 0.6) is 0 Å². The van der Waals surface area contributed by atoms with Crippen molar-refractivity contribution >= 4 is 17.2 Å². The summed E-state index contributed by atoms with van der Waals surface area (Å²) < 4.78 is 1.95. The van der Waals surface area contributed by atoms with E-state index in [2.05, 4.69) is 11.1 Å². The number of nitrogens with two attached hydrogens (primary N) is 1. The van der Waals surface area contributed by atoms with E-state index in [0.717, 1.165) is 24.4 Å². The summed E-state index contributed by atoms with van der Waals surface area (Å²) in [6, 6.07) is 8.04. The Bertz CT molecular complexity index is 586. The standard InChI is InChI=1S/C13H13N3S/c14-13(17)11-5-2-8-16(11)12-7-6-9-3-1-4-10(9)15-12/h2,5-8H,1,3-4H2,(H2,14,17). The Hall–Kier alpha value is -1.68. The molecule has 1 aliphatic carbocycles. The van der Waals surface area contributed by atoms with Gasteiger partial charge in [-0.2, -0.15) is 0 Å². The SMILES string of the molecule is NC(=S)c1cccn1-c1ccc2c(n1)CCC2. The van der Waals surface area contributed by atoms with Crippen LogP contribution in [0, 0.1) is 0 Å². The van der Waals surface area contributed by atoms with Gasteiger partial charge in [0.05, 0.1) is 5.69 Å². The van der Waals surface area contributed by atoms with Gasteiger partial charge >= 0.3 is 0 Å². The van der Waals surface area contributed by atoms with Crippen LogP contribution in [0.2, 0.25) is 0 Å². The minimum Gasteiger partial charge on any atom is -0.388 e. The molecule has 86 valence electrons. The average Bonchev–Trinajstić information content (AvgIpc) is 2.96. The number of hydrogen-bond donors (Lipinski definition) is 1. The van der Waals surface area contributed by atoms with Gasteiger partial charge in [0.2, 0.25) is 0 Å². The quantitative estimate of drug-likeness (QED) is 0.820. The molecule has 0 unspecified atom stereocenters. The Morgan fingerprint density at radius 3 is 3.00 bits per heavy atom. The van der Waals surface area contributed by atoms with Crippen LogP contribution in [-0.2, 0) is 12.8 Å². The van der Waals surface area contributed by atoms with Crippen LogP contribution in [0.4, 0.5) is 0 Å². The van der Waals surface area contributed by atoms with E-state index in [9.17, 15) is 0 Å². The lowest BCUT2D eigenvalue weighted by Gasteiger charge is -2.08. The molecule has 0 bridgehead atoms. The van der Waals surface area contributed by atoms with Crippen LogP contribution >= 0.6 is 12.2 Å². The van der Waals surface area contributed by atoms with E-state index < -0.39 is 0 Å². The van der Waals surface area contributed by atoms with Crippen molar-refractivity contribution in [2.75, 3.05) is 0 Å². The van der Waals surface area contributed by atoms with Crippen molar-refractivity contribution in [2.24, 2.45) is 5.73 Å². The van der Waals surface area contributed by atoms with E-state index in [-0.39, 0.29) is 0 Å². The number of nitrogens with zero attached hydrogens (tertiary/aromatic N) is 2. The van der Waals surface area contributed by atoms with Crippen molar-refractivity contribution in [3.63, 3.8) is 0 Å². The van der Waals surface area contributed by atoms with E-state index in [0.29, 0.717) is 4.99 Å². The van der Waals surface area contributed by atoms with E-state index in [4.69, 9.17) is 18.0 Å². The summed E-state index contributed by atoms with van der Waals surface area (Å²) in [5, 5.41) is 0. The number of aryl methyl sites for hydroxylation is 2. The fourth-order valence-corrected chi connectivity index (χ4v) is 2.49. The Labute approximate surface area is 105 Å². The first-order valence-corrected chi connectivity index (χ1v) is 6.13. The van der Waals surface area contributed by atoms with Crippen LogP contribution < -0.4 is 5.73 Å². The molecule has 3 nitrogen and oxygen atoms in total. The lowest BCUT2D eigenvalue weighted by molar-refractivity contribution is 0.891. The van der Waals surface area contributed by atoms with Gasteiger partial charge < -0.3 is 5.73 Å². The van der Waals surface area contributed by atoms with Crippen LogP contribution in [0.15, 0.2) is 30.5 Å². The fraction of sp³-hybridized carbons (Fsp3) is 0.231. The van der Waals surface area contributed by atoms with Gasteiger partial charge in [0.25, 0.3) is 0 Å². The third kappa shape index (κ3) is 1.74. The smallest absolute Gasteiger partial charge is 0.137 e. The molecule has 4 heteroatoms. The molecule has 0 fully saturated rings. The maximum Gasteiger partial charge on any atom is 0.137 e. The summed E-state index contributed by atoms with van der Waals surface area (Å²) in [5.74, 6) is 0.901. The monoisotopic (exact) mass is 243 g/mol. The normalized spacial score (nSPS) is 13.6. The van der Waals surface area contributed by atoms with Gasteiger partial charge in [-0.05, 0) is 43.0 Å². The van der Waals surface area contributed by atoms with Crippen molar-refractivity contribution < 1.29 is 0 Å². The highest BCUT2D eigenvalue weighted by Gasteiger charge is 2.14. The zero-order chi connectivity index (χ0) is 11.8. The van der Waals surface area contributed by atoms with Crippen LogP contribution in [-0.4, -0.2) is 14.5 Å². The molecule has 2 heterocycles. The Kier molecular flexibility index (Phi) is 2.44. The van der Waals surface area contributed by atoms with Gasteiger partial charge in [-0.1, -0.05) is 18.3 Å². The molecule has 0 atom stereocenters. The molecule has 0 amide bonds. The molecular weight excluding hydrogens is 230 g/mol. The van der Waals surface area contributed by atoms with Crippen LogP contribution in [0.3, 0.4) is 0 Å². The highest BCUT2D eigenvalue weighted by Crippen LogP contribution is 2.22. The van der Waals surface area contributed by atoms with Gasteiger partial charge in [0, 0.05) is 11.9 Å². The van der Waals surface area contributed by atoms with E-state index in [1.165, 1.54) is 17.7 Å². The summed E-state index contributed by atoms with van der Waals surface area (Å²) in [6.45, 7) is 0. The Balaban J connectivity index is 2.09.